The van der Waals surface area contributed by atoms with E-state index in [1.54, 1.807) is 0 Å². The molecule has 0 aromatic carbocycles. The first-order valence-electron chi connectivity index (χ1n) is 5.74. The average Bonchev–Trinajstić information content (AvgIpc) is 2.87. The molecule has 6 heteroatoms. The molecular formula is C12H14O6. The van der Waals surface area contributed by atoms with Gasteiger partial charge in [-0.05, 0) is 12.8 Å². The normalized spacial score (nSPS) is 34.3. The minimum Gasteiger partial charge on any atom is -0.468 e. The number of methoxy groups -OCH3 is 2. The standard InChI is InChI=1S/C12H14O6/c1-17-11(15)7-3-5-6(9(7)13)4-8(10(5)14)12(16)18-2/h5-8H,3-4H2,1-2H3. The topological polar surface area (TPSA) is 86.7 Å². The fourth-order valence-electron chi connectivity index (χ4n) is 2.92. The summed E-state index contributed by atoms with van der Waals surface area (Å²) in [4.78, 5) is 46.7. The summed E-state index contributed by atoms with van der Waals surface area (Å²) in [7, 11) is 2.42. The van der Waals surface area contributed by atoms with Gasteiger partial charge < -0.3 is 9.47 Å². The van der Waals surface area contributed by atoms with E-state index in [9.17, 15) is 19.2 Å². The highest BCUT2D eigenvalue weighted by atomic mass is 16.5. The second-order valence-electron chi connectivity index (χ2n) is 4.64. The van der Waals surface area contributed by atoms with Crippen LogP contribution >= 0.6 is 0 Å². The van der Waals surface area contributed by atoms with Crippen LogP contribution < -0.4 is 0 Å². The Hall–Kier alpha value is -1.72. The van der Waals surface area contributed by atoms with Gasteiger partial charge in [-0.15, -0.1) is 0 Å². The van der Waals surface area contributed by atoms with Crippen molar-refractivity contribution in [3.8, 4) is 0 Å². The van der Waals surface area contributed by atoms with Crippen LogP contribution in [0.4, 0.5) is 0 Å². The van der Waals surface area contributed by atoms with Gasteiger partial charge in [-0.1, -0.05) is 0 Å². The molecular weight excluding hydrogens is 240 g/mol. The van der Waals surface area contributed by atoms with Crippen molar-refractivity contribution in [1.82, 2.24) is 0 Å². The molecule has 2 saturated carbocycles. The highest BCUT2D eigenvalue weighted by molar-refractivity contribution is 6.11. The van der Waals surface area contributed by atoms with Crippen molar-refractivity contribution in [3.63, 3.8) is 0 Å². The van der Waals surface area contributed by atoms with E-state index < -0.39 is 35.6 Å². The van der Waals surface area contributed by atoms with Crippen molar-refractivity contribution in [3.05, 3.63) is 0 Å². The maximum Gasteiger partial charge on any atom is 0.316 e. The zero-order chi connectivity index (χ0) is 13.4. The Kier molecular flexibility index (Phi) is 3.19. The second kappa shape index (κ2) is 4.51. The Morgan fingerprint density at radius 2 is 1.22 bits per heavy atom. The number of Topliss-reactive ketones (excluding diaryl/α,β-unsaturated/α-hetero) is 2. The lowest BCUT2D eigenvalue weighted by atomic mass is 9.97. The summed E-state index contributed by atoms with van der Waals surface area (Å²) in [5.41, 5.74) is 0. The molecule has 2 aliphatic rings. The lowest BCUT2D eigenvalue weighted by Crippen LogP contribution is -2.27. The van der Waals surface area contributed by atoms with Crippen LogP contribution in [0.2, 0.25) is 0 Å². The molecule has 0 radical (unpaired) electrons. The van der Waals surface area contributed by atoms with Gasteiger partial charge in [0.05, 0.1) is 14.2 Å². The lowest BCUT2D eigenvalue weighted by Gasteiger charge is -2.10. The molecule has 4 unspecified atom stereocenters. The van der Waals surface area contributed by atoms with Crippen LogP contribution in [0.25, 0.3) is 0 Å². The summed E-state index contributed by atoms with van der Waals surface area (Å²) < 4.78 is 9.08. The Labute approximate surface area is 104 Å². The smallest absolute Gasteiger partial charge is 0.316 e. The molecule has 6 nitrogen and oxygen atoms in total. The Morgan fingerprint density at radius 3 is 1.50 bits per heavy atom. The molecule has 2 fully saturated rings. The molecule has 2 rings (SSSR count). The number of fused-ring (bicyclic) bond motifs is 1. The molecule has 0 saturated heterocycles. The van der Waals surface area contributed by atoms with Crippen LogP contribution in [-0.2, 0) is 28.7 Å². The van der Waals surface area contributed by atoms with E-state index in [0.29, 0.717) is 0 Å². The number of hydrogen-bond donors (Lipinski definition) is 0. The predicted octanol–water partition coefficient (Wildman–Crippen LogP) is -0.257. The minimum absolute atomic E-state index is 0.155. The third kappa shape index (κ3) is 1.72. The first-order chi connectivity index (χ1) is 8.51. The molecule has 98 valence electrons. The van der Waals surface area contributed by atoms with Crippen LogP contribution in [0.5, 0.6) is 0 Å². The van der Waals surface area contributed by atoms with Crippen molar-refractivity contribution in [2.75, 3.05) is 14.2 Å². The lowest BCUT2D eigenvalue weighted by molar-refractivity contribution is -0.149. The quantitative estimate of drug-likeness (QED) is 0.498. The SMILES string of the molecule is COC(=O)C1CC2C(=O)C(C(=O)OC)CC2C1=O. The van der Waals surface area contributed by atoms with Gasteiger partial charge >= 0.3 is 11.9 Å². The van der Waals surface area contributed by atoms with E-state index in [1.807, 2.05) is 0 Å². The number of carbonyl (C=O) groups excluding carboxylic acids is 4. The van der Waals surface area contributed by atoms with E-state index >= 15 is 0 Å². The van der Waals surface area contributed by atoms with Gasteiger partial charge in [0.25, 0.3) is 0 Å². The van der Waals surface area contributed by atoms with Gasteiger partial charge in [0.15, 0.2) is 11.6 Å². The predicted molar refractivity (Wildman–Crippen MR) is 57.2 cm³/mol. The number of hydrogen-bond acceptors (Lipinski definition) is 6. The molecule has 0 bridgehead atoms. The minimum atomic E-state index is -0.854. The van der Waals surface area contributed by atoms with E-state index in [4.69, 9.17) is 0 Å². The van der Waals surface area contributed by atoms with Gasteiger partial charge in [0.1, 0.15) is 11.8 Å². The summed E-state index contributed by atoms with van der Waals surface area (Å²) in [6.07, 6.45) is 0.311. The summed E-state index contributed by atoms with van der Waals surface area (Å²) >= 11 is 0. The molecule has 0 spiro atoms. The number of esters is 2. The van der Waals surface area contributed by atoms with Gasteiger partial charge in [0, 0.05) is 11.8 Å². The van der Waals surface area contributed by atoms with Crippen LogP contribution in [0.15, 0.2) is 0 Å². The molecule has 0 amide bonds. The monoisotopic (exact) mass is 254 g/mol. The molecule has 0 heterocycles. The highest BCUT2D eigenvalue weighted by Gasteiger charge is 2.57. The zero-order valence-electron chi connectivity index (χ0n) is 10.2. The van der Waals surface area contributed by atoms with Gasteiger partial charge in [-0.25, -0.2) is 0 Å². The van der Waals surface area contributed by atoms with Gasteiger partial charge in [-0.3, -0.25) is 19.2 Å². The Morgan fingerprint density at radius 1 is 0.889 bits per heavy atom. The number of ketones is 2. The third-order valence-corrected chi connectivity index (χ3v) is 3.85. The van der Waals surface area contributed by atoms with E-state index in [1.165, 1.54) is 14.2 Å². The molecule has 0 aromatic rings. The van der Waals surface area contributed by atoms with E-state index in [2.05, 4.69) is 9.47 Å². The zero-order valence-corrected chi connectivity index (χ0v) is 10.2. The van der Waals surface area contributed by atoms with Crippen molar-refractivity contribution >= 4 is 23.5 Å². The summed E-state index contributed by atoms with van der Waals surface area (Å²) in [6, 6.07) is 0. The third-order valence-electron chi connectivity index (χ3n) is 3.85. The molecule has 18 heavy (non-hydrogen) atoms. The summed E-state index contributed by atoms with van der Waals surface area (Å²) in [5.74, 6) is -4.55. The summed E-state index contributed by atoms with van der Waals surface area (Å²) in [6.45, 7) is 0. The number of ether oxygens (including phenoxy) is 2. The maximum absolute atomic E-state index is 12.0. The summed E-state index contributed by atoms with van der Waals surface area (Å²) in [5, 5.41) is 0. The van der Waals surface area contributed by atoms with Crippen LogP contribution in [0, 0.1) is 23.7 Å². The van der Waals surface area contributed by atoms with Crippen molar-refractivity contribution in [2.45, 2.75) is 12.8 Å². The largest absolute Gasteiger partial charge is 0.468 e. The van der Waals surface area contributed by atoms with Crippen LogP contribution in [-0.4, -0.2) is 37.7 Å². The van der Waals surface area contributed by atoms with Crippen molar-refractivity contribution in [1.29, 1.82) is 0 Å². The fourth-order valence-corrected chi connectivity index (χ4v) is 2.92. The average molecular weight is 254 g/mol. The number of rotatable bonds is 2. The van der Waals surface area contributed by atoms with Crippen LogP contribution in [0.3, 0.4) is 0 Å². The van der Waals surface area contributed by atoms with Crippen molar-refractivity contribution in [2.24, 2.45) is 23.7 Å². The number of carbonyl (C=O) groups is 4. The van der Waals surface area contributed by atoms with Gasteiger partial charge in [0.2, 0.25) is 0 Å². The molecule has 4 atom stereocenters. The first-order valence-corrected chi connectivity index (χ1v) is 5.74. The highest BCUT2D eigenvalue weighted by Crippen LogP contribution is 2.45. The second-order valence-corrected chi connectivity index (χ2v) is 4.64. The molecule has 0 aliphatic heterocycles. The van der Waals surface area contributed by atoms with Crippen molar-refractivity contribution < 1.29 is 28.7 Å². The van der Waals surface area contributed by atoms with Gasteiger partial charge in [-0.2, -0.15) is 0 Å². The molecule has 2 aliphatic carbocycles. The maximum atomic E-state index is 12.0. The molecule has 0 aromatic heterocycles. The van der Waals surface area contributed by atoms with E-state index in [0.717, 1.165) is 0 Å². The molecule has 0 N–H and O–H groups in total. The first kappa shape index (κ1) is 12.7. The Bertz CT molecular complexity index is 386. The Balaban J connectivity index is 2.16. The fraction of sp³-hybridized carbons (Fsp3) is 0.667. The van der Waals surface area contributed by atoms with E-state index in [-0.39, 0.29) is 24.4 Å². The van der Waals surface area contributed by atoms with Crippen LogP contribution in [0.1, 0.15) is 12.8 Å².